The van der Waals surface area contributed by atoms with Crippen molar-refractivity contribution >= 4 is 49.8 Å². The fourth-order valence-corrected chi connectivity index (χ4v) is 5.55. The van der Waals surface area contributed by atoms with E-state index >= 15 is 0 Å². The van der Waals surface area contributed by atoms with Crippen molar-refractivity contribution in [3.8, 4) is 0 Å². The van der Waals surface area contributed by atoms with Gasteiger partial charge in [-0.05, 0) is 43.2 Å². The highest BCUT2D eigenvalue weighted by Crippen LogP contribution is 2.36. The highest BCUT2D eigenvalue weighted by molar-refractivity contribution is 6.33. The summed E-state index contributed by atoms with van der Waals surface area (Å²) in [6.45, 7) is 1.76. The molecule has 0 radical (unpaired) electrons. The Balaban J connectivity index is 1.47. The zero-order valence-electron chi connectivity index (χ0n) is 18.7. The SMILES string of the molecule is O=C1c2cccc3c(N4CCCC4)ccc(c23)C(=O)N1n1c(=O)c2cc3c(=O)[nH]c(=O)c3cc2c1=O. The average molecular weight is 480 g/mol. The summed E-state index contributed by atoms with van der Waals surface area (Å²) >= 11 is 0. The summed E-state index contributed by atoms with van der Waals surface area (Å²) in [5.74, 6) is -1.60. The van der Waals surface area contributed by atoms with E-state index in [0.29, 0.717) is 15.1 Å². The number of carbonyl (C=O) groups is 2. The molecule has 2 aromatic heterocycles. The Kier molecular flexibility index (Phi) is 3.90. The smallest absolute Gasteiger partial charge is 0.281 e. The summed E-state index contributed by atoms with van der Waals surface area (Å²) < 4.78 is 0.503. The predicted octanol–water partition coefficient (Wildman–Crippen LogP) is 1.12. The van der Waals surface area contributed by atoms with E-state index in [1.54, 1.807) is 18.2 Å². The third-order valence-electron chi connectivity index (χ3n) is 7.23. The summed E-state index contributed by atoms with van der Waals surface area (Å²) in [6, 6.07) is 10.9. The molecule has 5 aromatic rings. The number of anilines is 1. The van der Waals surface area contributed by atoms with Crippen molar-refractivity contribution < 1.29 is 9.59 Å². The number of fused-ring (bicyclic) bond motifs is 2. The van der Waals surface area contributed by atoms with Crippen molar-refractivity contribution in [2.24, 2.45) is 0 Å². The van der Waals surface area contributed by atoms with E-state index in [2.05, 4.69) is 9.88 Å². The number of benzene rings is 3. The van der Waals surface area contributed by atoms with Gasteiger partial charge < -0.3 is 4.90 Å². The Morgan fingerprint density at radius 3 is 1.83 bits per heavy atom. The fraction of sp³-hybridized carbons (Fsp3) is 0.154. The van der Waals surface area contributed by atoms with Gasteiger partial charge in [-0.15, -0.1) is 0 Å². The molecule has 7 rings (SSSR count). The van der Waals surface area contributed by atoms with Gasteiger partial charge in [0.1, 0.15) is 0 Å². The number of rotatable bonds is 2. The molecule has 0 unspecified atom stereocenters. The molecular formula is C26H16N4O6. The van der Waals surface area contributed by atoms with Gasteiger partial charge in [-0.2, -0.15) is 9.69 Å². The minimum absolute atomic E-state index is 0.0393. The lowest BCUT2D eigenvalue weighted by atomic mass is 9.93. The van der Waals surface area contributed by atoms with Gasteiger partial charge in [-0.3, -0.25) is 33.8 Å². The molecule has 10 heteroatoms. The van der Waals surface area contributed by atoms with Crippen LogP contribution in [0.2, 0.25) is 0 Å². The third-order valence-corrected chi connectivity index (χ3v) is 7.23. The maximum Gasteiger partial charge on any atom is 0.281 e. The van der Waals surface area contributed by atoms with E-state index in [9.17, 15) is 28.8 Å². The lowest BCUT2D eigenvalue weighted by molar-refractivity contribution is 0.0849. The molecule has 176 valence electrons. The molecule has 0 bridgehead atoms. The molecule has 0 spiro atoms. The molecule has 1 saturated heterocycles. The molecular weight excluding hydrogens is 464 g/mol. The molecule has 36 heavy (non-hydrogen) atoms. The van der Waals surface area contributed by atoms with Crippen LogP contribution >= 0.6 is 0 Å². The third kappa shape index (κ3) is 2.45. The number of carbonyl (C=O) groups excluding carboxylic acids is 2. The molecule has 2 amide bonds. The molecule has 2 aliphatic rings. The minimum Gasteiger partial charge on any atom is -0.371 e. The Labute approximate surface area is 200 Å². The molecule has 1 fully saturated rings. The van der Waals surface area contributed by atoms with E-state index in [1.165, 1.54) is 0 Å². The first-order chi connectivity index (χ1) is 17.4. The van der Waals surface area contributed by atoms with Crippen molar-refractivity contribution in [1.29, 1.82) is 0 Å². The van der Waals surface area contributed by atoms with Crippen LogP contribution in [0.25, 0.3) is 32.3 Å². The normalized spacial score (nSPS) is 15.8. The number of hydrogen-bond donors (Lipinski definition) is 1. The lowest BCUT2D eigenvalue weighted by Crippen LogP contribution is -2.55. The second kappa shape index (κ2) is 6.85. The van der Waals surface area contributed by atoms with Gasteiger partial charge in [0.25, 0.3) is 34.1 Å². The van der Waals surface area contributed by atoms with Gasteiger partial charge in [-0.1, -0.05) is 12.1 Å². The molecule has 4 heterocycles. The molecule has 3 aromatic carbocycles. The Bertz CT molecular complexity index is 1940. The zero-order chi connectivity index (χ0) is 24.9. The topological polar surface area (TPSA) is 130 Å². The van der Waals surface area contributed by atoms with Crippen LogP contribution in [0.1, 0.15) is 33.6 Å². The maximum absolute atomic E-state index is 13.6. The second-order valence-corrected chi connectivity index (χ2v) is 9.13. The maximum atomic E-state index is 13.6. The van der Waals surface area contributed by atoms with Gasteiger partial charge in [0.2, 0.25) is 0 Å². The van der Waals surface area contributed by atoms with Gasteiger partial charge in [-0.25, -0.2) is 0 Å². The molecule has 2 aliphatic heterocycles. The highest BCUT2D eigenvalue weighted by Gasteiger charge is 2.38. The van der Waals surface area contributed by atoms with Crippen molar-refractivity contribution in [1.82, 2.24) is 9.66 Å². The van der Waals surface area contributed by atoms with Gasteiger partial charge in [0.15, 0.2) is 0 Å². The first-order valence-electron chi connectivity index (χ1n) is 11.5. The van der Waals surface area contributed by atoms with Gasteiger partial charge in [0, 0.05) is 29.5 Å². The van der Waals surface area contributed by atoms with E-state index in [1.807, 2.05) is 12.1 Å². The number of H-pyrrole nitrogens is 1. The summed E-state index contributed by atoms with van der Waals surface area (Å²) in [5, 5.41) is 1.42. The van der Waals surface area contributed by atoms with Crippen molar-refractivity contribution in [2.75, 3.05) is 23.0 Å². The number of nitrogens with zero attached hydrogens (tertiary/aromatic N) is 3. The number of nitrogens with one attached hydrogen (secondary N) is 1. The minimum atomic E-state index is -0.920. The largest absolute Gasteiger partial charge is 0.371 e. The van der Waals surface area contributed by atoms with E-state index in [0.717, 1.165) is 49.1 Å². The average Bonchev–Trinajstić information content (AvgIpc) is 3.56. The van der Waals surface area contributed by atoms with Gasteiger partial charge in [0.05, 0.1) is 32.7 Å². The first kappa shape index (κ1) is 20.5. The summed E-state index contributed by atoms with van der Waals surface area (Å²) in [4.78, 5) is 82.3. The van der Waals surface area contributed by atoms with Crippen LogP contribution in [-0.2, 0) is 0 Å². The van der Waals surface area contributed by atoms with Crippen LogP contribution in [0, 0.1) is 0 Å². The number of aromatic amines is 1. The number of aromatic nitrogens is 2. The molecule has 0 atom stereocenters. The molecule has 10 nitrogen and oxygen atoms in total. The number of hydrogen-bond acceptors (Lipinski definition) is 7. The molecule has 0 aliphatic carbocycles. The second-order valence-electron chi connectivity index (χ2n) is 9.13. The Morgan fingerprint density at radius 1 is 0.639 bits per heavy atom. The Morgan fingerprint density at radius 2 is 1.22 bits per heavy atom. The first-order valence-corrected chi connectivity index (χ1v) is 11.5. The van der Waals surface area contributed by atoms with Crippen molar-refractivity contribution in [3.05, 3.63) is 95.0 Å². The van der Waals surface area contributed by atoms with E-state index in [4.69, 9.17) is 0 Å². The van der Waals surface area contributed by atoms with Crippen LogP contribution in [-0.4, -0.2) is 34.6 Å². The number of imide groups is 1. The molecule has 1 N–H and O–H groups in total. The van der Waals surface area contributed by atoms with Crippen LogP contribution in [0.15, 0.2) is 61.6 Å². The monoisotopic (exact) mass is 480 g/mol. The predicted molar refractivity (Wildman–Crippen MR) is 134 cm³/mol. The lowest BCUT2D eigenvalue weighted by Gasteiger charge is -2.28. The van der Waals surface area contributed by atoms with E-state index < -0.39 is 34.1 Å². The quantitative estimate of drug-likeness (QED) is 0.375. The van der Waals surface area contributed by atoms with Crippen LogP contribution < -0.4 is 32.1 Å². The van der Waals surface area contributed by atoms with Gasteiger partial charge >= 0.3 is 0 Å². The fourth-order valence-electron chi connectivity index (χ4n) is 5.55. The van der Waals surface area contributed by atoms with Crippen LogP contribution in [0.5, 0.6) is 0 Å². The zero-order valence-corrected chi connectivity index (χ0v) is 18.7. The summed E-state index contributed by atoms with van der Waals surface area (Å²) in [7, 11) is 0. The molecule has 0 saturated carbocycles. The van der Waals surface area contributed by atoms with Crippen LogP contribution in [0.4, 0.5) is 5.69 Å². The van der Waals surface area contributed by atoms with Crippen LogP contribution in [0.3, 0.4) is 0 Å². The standard InChI is InChI=1S/C26H16N4O6/c31-21-15-10-17-18(11-16(15)22(32)27-21)26(36)30(25(17)35)29-23(33)13-5-3-4-12-19(28-8-1-2-9-28)7-6-14(20(12)13)24(29)34/h3-7,10-11H,1-2,8-9H2,(H,27,31,32). The highest BCUT2D eigenvalue weighted by atomic mass is 16.2. The number of amides is 2. The Hall–Kier alpha value is -4.86. The summed E-state index contributed by atoms with van der Waals surface area (Å²) in [5.41, 5.74) is -1.87. The van der Waals surface area contributed by atoms with E-state index in [-0.39, 0.29) is 32.7 Å². The van der Waals surface area contributed by atoms with Crippen molar-refractivity contribution in [2.45, 2.75) is 12.8 Å². The van der Waals surface area contributed by atoms with Crippen molar-refractivity contribution in [3.63, 3.8) is 0 Å². The summed E-state index contributed by atoms with van der Waals surface area (Å²) in [6.07, 6.45) is 2.12.